The van der Waals surface area contributed by atoms with E-state index in [0.29, 0.717) is 11.3 Å². The van der Waals surface area contributed by atoms with E-state index in [2.05, 4.69) is 4.98 Å². The number of amides is 1. The molecular weight excluding hydrogens is 325 g/mol. The summed E-state index contributed by atoms with van der Waals surface area (Å²) in [6.07, 6.45) is -2.72. The summed E-state index contributed by atoms with van der Waals surface area (Å²) in [5.41, 5.74) is -1.05. The van der Waals surface area contributed by atoms with Gasteiger partial charge in [0.1, 0.15) is 24.2 Å². The van der Waals surface area contributed by atoms with Crippen LogP contribution in [0.5, 0.6) is 0 Å². The first-order valence-electron chi connectivity index (χ1n) is 7.36. The predicted molar refractivity (Wildman–Crippen MR) is 80.7 cm³/mol. The summed E-state index contributed by atoms with van der Waals surface area (Å²) in [4.78, 5) is 17.2. The Morgan fingerprint density at radius 3 is 2.50 bits per heavy atom. The Morgan fingerprint density at radius 2 is 2.00 bits per heavy atom. The first kappa shape index (κ1) is 18.1. The van der Waals surface area contributed by atoms with Crippen molar-refractivity contribution in [2.24, 2.45) is 0 Å². The Balaban J connectivity index is 2.32. The van der Waals surface area contributed by atoms with Crippen LogP contribution in [0.3, 0.4) is 0 Å². The van der Waals surface area contributed by atoms with Crippen molar-refractivity contribution >= 4 is 11.8 Å². The van der Waals surface area contributed by atoms with Crippen LogP contribution in [0, 0.1) is 0 Å². The van der Waals surface area contributed by atoms with Gasteiger partial charge in [0.25, 0.3) is 0 Å². The van der Waals surface area contributed by atoms with E-state index in [0.717, 1.165) is 12.3 Å². The minimum absolute atomic E-state index is 0.261. The number of pyridine rings is 1. The van der Waals surface area contributed by atoms with Crippen molar-refractivity contribution in [3.8, 4) is 0 Å². The zero-order valence-electron chi connectivity index (χ0n) is 13.8. The average molecular weight is 344 g/mol. The molecule has 0 bridgehead atoms. The van der Waals surface area contributed by atoms with Crippen LogP contribution in [0.15, 0.2) is 24.6 Å². The molecule has 1 aliphatic rings. The quantitative estimate of drug-likeness (QED) is 0.771. The van der Waals surface area contributed by atoms with E-state index in [9.17, 15) is 18.0 Å². The molecular formula is C16H19F3N2O3. The number of hydrogen-bond acceptors (Lipinski definition) is 4. The van der Waals surface area contributed by atoms with Gasteiger partial charge in [-0.05, 0) is 39.8 Å². The molecule has 0 radical (unpaired) electrons. The van der Waals surface area contributed by atoms with Crippen molar-refractivity contribution in [3.05, 3.63) is 35.8 Å². The molecule has 1 aromatic heterocycles. The molecule has 24 heavy (non-hydrogen) atoms. The molecule has 1 amide bonds. The van der Waals surface area contributed by atoms with E-state index in [1.807, 2.05) is 0 Å². The highest BCUT2D eigenvalue weighted by Crippen LogP contribution is 2.31. The largest absolute Gasteiger partial charge is 0.497 e. The van der Waals surface area contributed by atoms with Gasteiger partial charge in [-0.3, -0.25) is 9.88 Å². The molecule has 0 aromatic carbocycles. The summed E-state index contributed by atoms with van der Waals surface area (Å²) in [7, 11) is 0. The van der Waals surface area contributed by atoms with Gasteiger partial charge in [0.05, 0.1) is 11.7 Å². The number of aromatic nitrogens is 1. The summed E-state index contributed by atoms with van der Waals surface area (Å²) in [5.74, 6) is 0. The van der Waals surface area contributed by atoms with E-state index in [1.54, 1.807) is 27.7 Å². The lowest BCUT2D eigenvalue weighted by atomic mass is 10.1. The van der Waals surface area contributed by atoms with E-state index < -0.39 is 23.6 Å². The maximum absolute atomic E-state index is 12.6. The van der Waals surface area contributed by atoms with Crippen LogP contribution in [0.2, 0.25) is 0 Å². The second kappa shape index (κ2) is 6.33. The van der Waals surface area contributed by atoms with Crippen LogP contribution in [-0.4, -0.2) is 34.2 Å². The fraction of sp³-hybridized carbons (Fsp3) is 0.500. The lowest BCUT2D eigenvalue weighted by molar-refractivity contribution is -0.141. The van der Waals surface area contributed by atoms with Crippen molar-refractivity contribution < 1.29 is 27.4 Å². The standard InChI is InChI=1S/C16H19F3N2O3/c1-10-8-23-9-12(21(10)14(22)24-15(2,3)4)11-5-6-13(20-7-11)16(17,18)19/h5-7,9-10H,8H2,1-4H3. The normalized spacial score (nSPS) is 18.7. The molecule has 132 valence electrons. The number of nitrogens with zero attached hydrogens (tertiary/aromatic N) is 2. The Labute approximate surface area is 138 Å². The van der Waals surface area contributed by atoms with Gasteiger partial charge in [0, 0.05) is 11.8 Å². The molecule has 0 fully saturated rings. The lowest BCUT2D eigenvalue weighted by Gasteiger charge is -2.35. The first-order valence-corrected chi connectivity index (χ1v) is 7.36. The maximum Gasteiger partial charge on any atom is 0.433 e. The average Bonchev–Trinajstić information content (AvgIpc) is 2.44. The fourth-order valence-corrected chi connectivity index (χ4v) is 2.14. The predicted octanol–water partition coefficient (Wildman–Crippen LogP) is 4.05. The summed E-state index contributed by atoms with van der Waals surface area (Å²) < 4.78 is 48.5. The van der Waals surface area contributed by atoms with E-state index in [1.165, 1.54) is 17.2 Å². The molecule has 1 aromatic rings. The minimum Gasteiger partial charge on any atom is -0.497 e. The van der Waals surface area contributed by atoms with Crippen LogP contribution in [0.1, 0.15) is 39.0 Å². The highest BCUT2D eigenvalue weighted by atomic mass is 19.4. The van der Waals surface area contributed by atoms with Crippen molar-refractivity contribution in [2.45, 2.75) is 45.5 Å². The summed E-state index contributed by atoms with van der Waals surface area (Å²) in [6, 6.07) is 1.78. The number of halogens is 3. The van der Waals surface area contributed by atoms with Gasteiger partial charge in [0.15, 0.2) is 0 Å². The van der Waals surface area contributed by atoms with E-state index in [-0.39, 0.29) is 12.6 Å². The molecule has 5 nitrogen and oxygen atoms in total. The molecule has 0 saturated heterocycles. The van der Waals surface area contributed by atoms with Crippen molar-refractivity contribution in [3.63, 3.8) is 0 Å². The number of ether oxygens (including phenoxy) is 2. The van der Waals surface area contributed by atoms with E-state index in [4.69, 9.17) is 9.47 Å². The van der Waals surface area contributed by atoms with Gasteiger partial charge in [-0.2, -0.15) is 13.2 Å². The molecule has 0 N–H and O–H groups in total. The first-order chi connectivity index (χ1) is 11.0. The molecule has 0 saturated carbocycles. The number of carbonyl (C=O) groups excluding carboxylic acids is 1. The highest BCUT2D eigenvalue weighted by Gasteiger charge is 2.34. The van der Waals surface area contributed by atoms with Crippen LogP contribution >= 0.6 is 0 Å². The second-order valence-corrected chi connectivity index (χ2v) is 6.47. The zero-order valence-corrected chi connectivity index (χ0v) is 13.8. The highest BCUT2D eigenvalue weighted by molar-refractivity contribution is 5.82. The summed E-state index contributed by atoms with van der Waals surface area (Å²) >= 11 is 0. The van der Waals surface area contributed by atoms with Gasteiger partial charge in [-0.15, -0.1) is 0 Å². The van der Waals surface area contributed by atoms with Gasteiger partial charge < -0.3 is 9.47 Å². The molecule has 8 heteroatoms. The summed E-state index contributed by atoms with van der Waals surface area (Å²) in [6.45, 7) is 7.22. The Hall–Kier alpha value is -2.25. The fourth-order valence-electron chi connectivity index (χ4n) is 2.14. The molecule has 0 spiro atoms. The molecule has 1 atom stereocenters. The third kappa shape index (κ3) is 4.18. The maximum atomic E-state index is 12.6. The van der Waals surface area contributed by atoms with Gasteiger partial charge in [0.2, 0.25) is 0 Å². The Morgan fingerprint density at radius 1 is 1.33 bits per heavy atom. The summed E-state index contributed by atoms with van der Waals surface area (Å²) in [5, 5.41) is 0. The smallest absolute Gasteiger partial charge is 0.433 e. The molecule has 2 heterocycles. The van der Waals surface area contributed by atoms with Crippen LogP contribution in [-0.2, 0) is 15.7 Å². The minimum atomic E-state index is -4.52. The molecule has 1 unspecified atom stereocenters. The molecule has 0 aliphatic carbocycles. The lowest BCUT2D eigenvalue weighted by Crippen LogP contribution is -2.44. The van der Waals surface area contributed by atoms with Gasteiger partial charge in [-0.25, -0.2) is 4.79 Å². The van der Waals surface area contributed by atoms with Crippen LogP contribution in [0.25, 0.3) is 5.70 Å². The molecule has 1 aliphatic heterocycles. The van der Waals surface area contributed by atoms with Gasteiger partial charge in [-0.1, -0.05) is 0 Å². The third-order valence-corrected chi connectivity index (χ3v) is 3.17. The third-order valence-electron chi connectivity index (χ3n) is 3.17. The van der Waals surface area contributed by atoms with Crippen LogP contribution in [0.4, 0.5) is 18.0 Å². The Bertz CT molecular complexity index is 633. The second-order valence-electron chi connectivity index (χ2n) is 6.47. The van der Waals surface area contributed by atoms with E-state index >= 15 is 0 Å². The van der Waals surface area contributed by atoms with Crippen molar-refractivity contribution in [2.75, 3.05) is 6.61 Å². The number of rotatable bonds is 1. The number of alkyl halides is 3. The monoisotopic (exact) mass is 344 g/mol. The zero-order chi connectivity index (χ0) is 18.1. The topological polar surface area (TPSA) is 51.7 Å². The van der Waals surface area contributed by atoms with Crippen LogP contribution < -0.4 is 0 Å². The molecule has 2 rings (SSSR count). The van der Waals surface area contributed by atoms with Crippen molar-refractivity contribution in [1.82, 2.24) is 9.88 Å². The number of hydrogen-bond donors (Lipinski definition) is 0. The SMILES string of the molecule is CC1COC=C(c2ccc(C(F)(F)F)nc2)N1C(=O)OC(C)(C)C. The number of carbonyl (C=O) groups is 1. The van der Waals surface area contributed by atoms with Crippen molar-refractivity contribution in [1.29, 1.82) is 0 Å². The Kier molecular flexibility index (Phi) is 4.77. The van der Waals surface area contributed by atoms with Gasteiger partial charge >= 0.3 is 12.3 Å².